The van der Waals surface area contributed by atoms with E-state index in [1.165, 1.54) is 12.7 Å². The number of nitrogens with zero attached hydrogens (tertiary/aromatic N) is 5. The molecule has 2 aliphatic heterocycles. The topological polar surface area (TPSA) is 99.3 Å². The molecule has 0 amide bonds. The molecule has 0 spiro atoms. The van der Waals surface area contributed by atoms with Crippen molar-refractivity contribution in [2.75, 3.05) is 54.5 Å². The molecule has 0 atom stereocenters. The summed E-state index contributed by atoms with van der Waals surface area (Å²) in [6.45, 7) is 9.53. The number of rotatable bonds is 4. The number of hydrogen-bond acceptors (Lipinski definition) is 8. The van der Waals surface area contributed by atoms with E-state index in [4.69, 9.17) is 9.72 Å². The third kappa shape index (κ3) is 4.25. The lowest BCUT2D eigenvalue weighted by Crippen LogP contribution is -2.40. The molecule has 168 valence electrons. The Morgan fingerprint density at radius 1 is 1.09 bits per heavy atom. The monoisotopic (exact) mass is 435 g/mol. The van der Waals surface area contributed by atoms with Crippen molar-refractivity contribution in [3.63, 3.8) is 0 Å². The van der Waals surface area contributed by atoms with Crippen molar-refractivity contribution in [1.29, 1.82) is 0 Å². The SMILES string of the molecule is CC1(C)CCCN(c2cc3nc[nH]c(=O)c3c(Nc3ccc(N4CCOCC4)nc3)n2)C1. The van der Waals surface area contributed by atoms with Crippen LogP contribution in [-0.2, 0) is 4.74 Å². The van der Waals surface area contributed by atoms with Gasteiger partial charge in [0.1, 0.15) is 22.8 Å². The third-order valence-corrected chi connectivity index (χ3v) is 6.18. The van der Waals surface area contributed by atoms with Crippen LogP contribution in [0.4, 0.5) is 23.1 Å². The van der Waals surface area contributed by atoms with Gasteiger partial charge in [0, 0.05) is 32.2 Å². The fourth-order valence-electron chi connectivity index (χ4n) is 4.52. The zero-order valence-corrected chi connectivity index (χ0v) is 18.6. The zero-order chi connectivity index (χ0) is 22.1. The normalized spacial score (nSPS) is 18.7. The molecule has 0 unspecified atom stereocenters. The Labute approximate surface area is 186 Å². The van der Waals surface area contributed by atoms with Crippen molar-refractivity contribution >= 4 is 34.0 Å². The van der Waals surface area contributed by atoms with Crippen LogP contribution in [0, 0.1) is 5.41 Å². The number of pyridine rings is 2. The van der Waals surface area contributed by atoms with Gasteiger partial charge in [0.2, 0.25) is 0 Å². The Kier molecular flexibility index (Phi) is 5.42. The van der Waals surface area contributed by atoms with Crippen LogP contribution in [0.15, 0.2) is 35.5 Å². The molecule has 5 heterocycles. The van der Waals surface area contributed by atoms with Crippen molar-refractivity contribution < 1.29 is 4.74 Å². The molecule has 0 saturated carbocycles. The second-order valence-corrected chi connectivity index (χ2v) is 9.27. The Morgan fingerprint density at radius 3 is 2.69 bits per heavy atom. The maximum absolute atomic E-state index is 12.6. The predicted octanol–water partition coefficient (Wildman–Crippen LogP) is 2.92. The minimum Gasteiger partial charge on any atom is -0.378 e. The molecule has 3 aromatic rings. The van der Waals surface area contributed by atoms with Crippen LogP contribution < -0.4 is 20.7 Å². The molecular formula is C23H29N7O2. The quantitative estimate of drug-likeness (QED) is 0.645. The van der Waals surface area contributed by atoms with E-state index in [0.717, 1.165) is 49.9 Å². The van der Waals surface area contributed by atoms with Crippen molar-refractivity contribution in [3.8, 4) is 0 Å². The average molecular weight is 436 g/mol. The number of fused-ring (bicyclic) bond motifs is 1. The van der Waals surface area contributed by atoms with Crippen LogP contribution in [0.2, 0.25) is 0 Å². The second-order valence-electron chi connectivity index (χ2n) is 9.27. The lowest BCUT2D eigenvalue weighted by Gasteiger charge is -2.38. The maximum Gasteiger partial charge on any atom is 0.262 e. The summed E-state index contributed by atoms with van der Waals surface area (Å²) in [5.74, 6) is 2.25. The maximum atomic E-state index is 12.6. The molecule has 9 nitrogen and oxygen atoms in total. The number of morpholine rings is 1. The molecule has 32 heavy (non-hydrogen) atoms. The summed E-state index contributed by atoms with van der Waals surface area (Å²) < 4.78 is 5.42. The lowest BCUT2D eigenvalue weighted by molar-refractivity contribution is 0.122. The zero-order valence-electron chi connectivity index (χ0n) is 18.6. The van der Waals surface area contributed by atoms with Gasteiger partial charge in [-0.2, -0.15) is 0 Å². The van der Waals surface area contributed by atoms with Crippen LogP contribution in [0.5, 0.6) is 0 Å². The minimum atomic E-state index is -0.214. The number of nitrogens with one attached hydrogen (secondary N) is 2. The van der Waals surface area contributed by atoms with Crippen LogP contribution in [0.25, 0.3) is 10.9 Å². The van der Waals surface area contributed by atoms with Gasteiger partial charge in [0.25, 0.3) is 5.56 Å². The first kappa shape index (κ1) is 20.7. The molecule has 0 radical (unpaired) electrons. The van der Waals surface area contributed by atoms with Gasteiger partial charge in [0.05, 0.1) is 36.9 Å². The summed E-state index contributed by atoms with van der Waals surface area (Å²) in [6.07, 6.45) is 5.53. The number of aromatic amines is 1. The first-order valence-corrected chi connectivity index (χ1v) is 11.2. The number of anilines is 4. The summed E-state index contributed by atoms with van der Waals surface area (Å²) in [6, 6.07) is 5.86. The minimum absolute atomic E-state index is 0.214. The van der Waals surface area contributed by atoms with E-state index in [9.17, 15) is 4.79 Å². The molecule has 0 aliphatic carbocycles. The van der Waals surface area contributed by atoms with Crippen LogP contribution in [0.3, 0.4) is 0 Å². The average Bonchev–Trinajstić information content (AvgIpc) is 2.79. The molecule has 2 fully saturated rings. The fourth-order valence-corrected chi connectivity index (χ4v) is 4.52. The summed E-state index contributed by atoms with van der Waals surface area (Å²) in [5.41, 5.74) is 1.41. The van der Waals surface area contributed by atoms with E-state index in [1.807, 2.05) is 18.2 Å². The summed E-state index contributed by atoms with van der Waals surface area (Å²) in [4.78, 5) is 33.7. The van der Waals surface area contributed by atoms with Gasteiger partial charge >= 0.3 is 0 Å². The summed E-state index contributed by atoms with van der Waals surface area (Å²) >= 11 is 0. The van der Waals surface area contributed by atoms with E-state index >= 15 is 0 Å². The largest absolute Gasteiger partial charge is 0.378 e. The number of aromatic nitrogens is 4. The van der Waals surface area contributed by atoms with E-state index in [-0.39, 0.29) is 11.0 Å². The standard InChI is InChI=1S/C23H29N7O2/c1-23(2)6-3-7-30(14-23)19-12-17-20(22(31)26-15-25-17)21(28-19)27-16-4-5-18(24-13-16)29-8-10-32-11-9-29/h4-5,12-13,15H,3,6-11,14H2,1-2H3,(H,27,28)(H,25,26,31). The van der Waals surface area contributed by atoms with Crippen LogP contribution >= 0.6 is 0 Å². The molecule has 5 rings (SSSR count). The summed E-state index contributed by atoms with van der Waals surface area (Å²) in [5, 5.41) is 3.76. The number of piperidine rings is 1. The highest BCUT2D eigenvalue weighted by Gasteiger charge is 2.28. The number of hydrogen-bond donors (Lipinski definition) is 2. The highest BCUT2D eigenvalue weighted by Crippen LogP contribution is 2.33. The van der Waals surface area contributed by atoms with Gasteiger partial charge in [-0.25, -0.2) is 15.0 Å². The van der Waals surface area contributed by atoms with E-state index in [2.05, 4.69) is 43.9 Å². The Morgan fingerprint density at radius 2 is 1.94 bits per heavy atom. The van der Waals surface area contributed by atoms with Crippen molar-refractivity contribution in [3.05, 3.63) is 41.1 Å². The van der Waals surface area contributed by atoms with Gasteiger partial charge in [-0.05, 0) is 30.4 Å². The number of H-pyrrole nitrogens is 1. The molecule has 2 saturated heterocycles. The Hall–Kier alpha value is -3.20. The van der Waals surface area contributed by atoms with E-state index in [1.54, 1.807) is 6.20 Å². The molecule has 0 bridgehead atoms. The molecule has 0 aromatic carbocycles. The van der Waals surface area contributed by atoms with Gasteiger partial charge < -0.3 is 24.8 Å². The van der Waals surface area contributed by atoms with Gasteiger partial charge in [-0.1, -0.05) is 13.8 Å². The van der Waals surface area contributed by atoms with Crippen molar-refractivity contribution in [2.45, 2.75) is 26.7 Å². The smallest absolute Gasteiger partial charge is 0.262 e. The highest BCUT2D eigenvalue weighted by molar-refractivity contribution is 5.92. The van der Waals surface area contributed by atoms with Gasteiger partial charge in [-0.15, -0.1) is 0 Å². The van der Waals surface area contributed by atoms with Crippen molar-refractivity contribution in [2.24, 2.45) is 5.41 Å². The molecule has 2 aliphatic rings. The first-order valence-electron chi connectivity index (χ1n) is 11.2. The van der Waals surface area contributed by atoms with Crippen molar-refractivity contribution in [1.82, 2.24) is 19.9 Å². The van der Waals surface area contributed by atoms with Crippen LogP contribution in [-0.4, -0.2) is 59.3 Å². The molecule has 2 N–H and O–H groups in total. The second kappa shape index (κ2) is 8.38. The Balaban J connectivity index is 1.47. The first-order chi connectivity index (χ1) is 15.5. The third-order valence-electron chi connectivity index (χ3n) is 6.18. The molecule has 3 aromatic heterocycles. The lowest BCUT2D eigenvalue weighted by atomic mass is 9.84. The highest BCUT2D eigenvalue weighted by atomic mass is 16.5. The van der Waals surface area contributed by atoms with E-state index in [0.29, 0.717) is 29.9 Å². The number of ether oxygens (including phenoxy) is 1. The van der Waals surface area contributed by atoms with Gasteiger partial charge in [-0.3, -0.25) is 4.79 Å². The molecule has 9 heteroatoms. The van der Waals surface area contributed by atoms with Gasteiger partial charge in [0.15, 0.2) is 0 Å². The molecular weight excluding hydrogens is 406 g/mol. The predicted molar refractivity (Wildman–Crippen MR) is 126 cm³/mol. The summed E-state index contributed by atoms with van der Waals surface area (Å²) in [7, 11) is 0. The fraction of sp³-hybridized carbons (Fsp3) is 0.478. The van der Waals surface area contributed by atoms with E-state index < -0.39 is 0 Å². The Bertz CT molecular complexity index is 1150. The van der Waals surface area contributed by atoms with Crippen LogP contribution in [0.1, 0.15) is 26.7 Å².